The Morgan fingerprint density at radius 2 is 1.89 bits per heavy atom. The number of pyridine rings is 1. The zero-order valence-corrected chi connectivity index (χ0v) is 15.7. The fraction of sp³-hybridized carbons (Fsp3) is 0.286. The summed E-state index contributed by atoms with van der Waals surface area (Å²) in [5.74, 6) is 0.491. The molecule has 0 bridgehead atoms. The summed E-state index contributed by atoms with van der Waals surface area (Å²) in [5.41, 5.74) is 2.18. The largest absolute Gasteiger partial charge is 0.308 e. The fourth-order valence-corrected chi connectivity index (χ4v) is 2.96. The van der Waals surface area contributed by atoms with Gasteiger partial charge in [0.25, 0.3) is 0 Å². The van der Waals surface area contributed by atoms with Gasteiger partial charge in [-0.05, 0) is 43.3 Å². The van der Waals surface area contributed by atoms with Crippen LogP contribution in [0.15, 0.2) is 67.1 Å². The lowest BCUT2D eigenvalue weighted by molar-refractivity contribution is -0.121. The predicted octanol–water partition coefficient (Wildman–Crippen LogP) is 3.15. The van der Waals surface area contributed by atoms with Gasteiger partial charge in [-0.1, -0.05) is 37.3 Å². The molecule has 2 aromatic heterocycles. The van der Waals surface area contributed by atoms with Crippen LogP contribution in [0.2, 0.25) is 0 Å². The molecular formula is C21H25N5O. The number of hydrogen-bond donors (Lipinski definition) is 1. The third kappa shape index (κ3) is 5.01. The van der Waals surface area contributed by atoms with E-state index >= 15 is 0 Å². The van der Waals surface area contributed by atoms with Crippen LogP contribution in [0.3, 0.4) is 0 Å². The second kappa shape index (κ2) is 9.09. The Morgan fingerprint density at radius 3 is 2.59 bits per heavy atom. The molecule has 1 aromatic carbocycles. The number of anilines is 1. The second-order valence-electron chi connectivity index (χ2n) is 6.45. The molecule has 3 rings (SSSR count). The summed E-state index contributed by atoms with van der Waals surface area (Å²) in [5, 5.41) is 7.43. The molecule has 27 heavy (non-hydrogen) atoms. The number of aryl methyl sites for hydroxylation is 2. The van der Waals surface area contributed by atoms with Crippen molar-refractivity contribution in [3.05, 3.63) is 78.2 Å². The van der Waals surface area contributed by atoms with Crippen LogP contribution in [0.1, 0.15) is 24.1 Å². The fourth-order valence-electron chi connectivity index (χ4n) is 2.96. The quantitative estimate of drug-likeness (QED) is 0.668. The van der Waals surface area contributed by atoms with E-state index < -0.39 is 0 Å². The van der Waals surface area contributed by atoms with E-state index in [-0.39, 0.29) is 11.9 Å². The van der Waals surface area contributed by atoms with E-state index in [9.17, 15) is 4.79 Å². The molecule has 1 N–H and O–H groups in total. The molecule has 1 atom stereocenters. The lowest BCUT2D eigenvalue weighted by atomic mass is 10.0. The number of hydrogen-bond acceptors (Lipinski definition) is 4. The van der Waals surface area contributed by atoms with Crippen molar-refractivity contribution in [1.82, 2.24) is 19.7 Å². The Kier molecular flexibility index (Phi) is 6.33. The number of rotatable bonds is 8. The minimum atomic E-state index is -0.349. The minimum absolute atomic E-state index is 0.0788. The van der Waals surface area contributed by atoms with E-state index in [2.05, 4.69) is 15.4 Å². The van der Waals surface area contributed by atoms with E-state index in [0.717, 1.165) is 25.1 Å². The Hall–Kier alpha value is -2.99. The van der Waals surface area contributed by atoms with Gasteiger partial charge in [-0.25, -0.2) is 0 Å². The van der Waals surface area contributed by atoms with Gasteiger partial charge in [0, 0.05) is 31.2 Å². The summed E-state index contributed by atoms with van der Waals surface area (Å²) < 4.78 is 1.84. The van der Waals surface area contributed by atoms with Gasteiger partial charge in [0.2, 0.25) is 5.91 Å². The van der Waals surface area contributed by atoms with Crippen molar-refractivity contribution >= 4 is 11.7 Å². The monoisotopic (exact) mass is 363 g/mol. The van der Waals surface area contributed by atoms with Crippen LogP contribution in [0.25, 0.3) is 0 Å². The number of carbonyl (C=O) groups excluding carboxylic acids is 1. The molecule has 6 nitrogen and oxygen atoms in total. The first-order chi connectivity index (χ1) is 13.2. The van der Waals surface area contributed by atoms with Crippen molar-refractivity contribution < 1.29 is 4.79 Å². The van der Waals surface area contributed by atoms with Crippen LogP contribution < -0.4 is 5.32 Å². The SMILES string of the molecule is CCN(C)C(C(=O)Nc1ccn(CCc2ccncc2)n1)c1ccccc1. The number of benzene rings is 1. The van der Waals surface area contributed by atoms with Gasteiger partial charge in [-0.2, -0.15) is 5.10 Å². The molecule has 140 valence electrons. The highest BCUT2D eigenvalue weighted by Crippen LogP contribution is 2.21. The molecule has 0 saturated heterocycles. The zero-order valence-electron chi connectivity index (χ0n) is 15.7. The second-order valence-corrected chi connectivity index (χ2v) is 6.45. The van der Waals surface area contributed by atoms with Gasteiger partial charge in [-0.3, -0.25) is 19.4 Å². The van der Waals surface area contributed by atoms with Crippen molar-refractivity contribution in [2.75, 3.05) is 18.9 Å². The van der Waals surface area contributed by atoms with Crippen LogP contribution in [-0.2, 0) is 17.8 Å². The van der Waals surface area contributed by atoms with E-state index in [0.29, 0.717) is 5.82 Å². The molecule has 1 amide bonds. The first-order valence-corrected chi connectivity index (χ1v) is 9.15. The maximum atomic E-state index is 12.9. The zero-order chi connectivity index (χ0) is 19.1. The maximum Gasteiger partial charge on any atom is 0.247 e. The number of amides is 1. The van der Waals surface area contributed by atoms with Gasteiger partial charge in [0.05, 0.1) is 0 Å². The number of aromatic nitrogens is 3. The molecule has 1 unspecified atom stereocenters. The molecule has 6 heteroatoms. The standard InChI is InChI=1S/C21H25N5O/c1-3-25(2)20(18-7-5-4-6-8-18)21(27)23-19-12-16-26(24-19)15-11-17-9-13-22-14-10-17/h4-10,12-14,16,20H,3,11,15H2,1-2H3,(H,23,24,27). The highest BCUT2D eigenvalue weighted by molar-refractivity contribution is 5.94. The lowest BCUT2D eigenvalue weighted by Gasteiger charge is -2.25. The maximum absolute atomic E-state index is 12.9. The van der Waals surface area contributed by atoms with E-state index in [4.69, 9.17) is 0 Å². The Bertz CT molecular complexity index is 847. The first-order valence-electron chi connectivity index (χ1n) is 9.15. The molecule has 0 spiro atoms. The normalized spacial score (nSPS) is 12.1. The van der Waals surface area contributed by atoms with Gasteiger partial charge >= 0.3 is 0 Å². The van der Waals surface area contributed by atoms with Gasteiger partial charge in [0.1, 0.15) is 6.04 Å². The van der Waals surface area contributed by atoms with Crippen LogP contribution in [0.5, 0.6) is 0 Å². The highest BCUT2D eigenvalue weighted by Gasteiger charge is 2.24. The van der Waals surface area contributed by atoms with E-state index in [1.165, 1.54) is 5.56 Å². The smallest absolute Gasteiger partial charge is 0.247 e. The minimum Gasteiger partial charge on any atom is -0.308 e. The number of carbonyl (C=O) groups is 1. The Labute approximate surface area is 159 Å². The average Bonchev–Trinajstić information content (AvgIpc) is 3.15. The highest BCUT2D eigenvalue weighted by atomic mass is 16.2. The van der Waals surface area contributed by atoms with Crippen molar-refractivity contribution in [3.8, 4) is 0 Å². The van der Waals surface area contributed by atoms with Gasteiger partial charge in [0.15, 0.2) is 5.82 Å². The lowest BCUT2D eigenvalue weighted by Crippen LogP contribution is -2.34. The van der Waals surface area contributed by atoms with Crippen molar-refractivity contribution in [3.63, 3.8) is 0 Å². The summed E-state index contributed by atoms with van der Waals surface area (Å²) in [6, 6.07) is 15.3. The van der Waals surface area contributed by atoms with Gasteiger partial charge < -0.3 is 5.32 Å². The summed E-state index contributed by atoms with van der Waals surface area (Å²) in [7, 11) is 1.95. The van der Waals surface area contributed by atoms with Crippen LogP contribution in [0.4, 0.5) is 5.82 Å². The molecule has 0 aliphatic carbocycles. The van der Waals surface area contributed by atoms with Crippen LogP contribution in [0, 0.1) is 0 Å². The summed E-state index contributed by atoms with van der Waals surface area (Å²) in [6.45, 7) is 3.56. The molecule has 0 aliphatic rings. The third-order valence-electron chi connectivity index (χ3n) is 4.57. The molecule has 3 aromatic rings. The van der Waals surface area contributed by atoms with Crippen molar-refractivity contribution in [2.24, 2.45) is 0 Å². The van der Waals surface area contributed by atoms with Crippen LogP contribution >= 0.6 is 0 Å². The molecular weight excluding hydrogens is 338 g/mol. The molecule has 2 heterocycles. The first kappa shape index (κ1) is 18.8. The number of likely N-dealkylation sites (N-methyl/N-ethyl adjacent to an activating group) is 1. The number of nitrogens with zero attached hydrogens (tertiary/aromatic N) is 4. The Balaban J connectivity index is 1.65. The summed E-state index contributed by atoms with van der Waals surface area (Å²) >= 11 is 0. The molecule has 0 radical (unpaired) electrons. The van der Waals surface area contributed by atoms with Crippen LogP contribution in [-0.4, -0.2) is 39.2 Å². The summed E-state index contributed by atoms with van der Waals surface area (Å²) in [4.78, 5) is 18.9. The molecule has 0 saturated carbocycles. The van der Waals surface area contributed by atoms with Crippen molar-refractivity contribution in [1.29, 1.82) is 0 Å². The topological polar surface area (TPSA) is 63.1 Å². The predicted molar refractivity (Wildman–Crippen MR) is 106 cm³/mol. The van der Waals surface area contributed by atoms with E-state index in [1.807, 2.05) is 78.3 Å². The van der Waals surface area contributed by atoms with Crippen molar-refractivity contribution in [2.45, 2.75) is 25.9 Å². The van der Waals surface area contributed by atoms with Gasteiger partial charge in [-0.15, -0.1) is 0 Å². The molecule has 0 aliphatic heterocycles. The Morgan fingerprint density at radius 1 is 1.15 bits per heavy atom. The summed E-state index contributed by atoms with van der Waals surface area (Å²) in [6.07, 6.45) is 6.33. The number of nitrogens with one attached hydrogen (secondary N) is 1. The average molecular weight is 363 g/mol. The van der Waals surface area contributed by atoms with E-state index in [1.54, 1.807) is 12.4 Å². The third-order valence-corrected chi connectivity index (χ3v) is 4.57. The molecule has 0 fully saturated rings.